The number of hydrogen-bond donors (Lipinski definition) is 1. The highest BCUT2D eigenvalue weighted by Gasteiger charge is 2.29. The zero-order valence-electron chi connectivity index (χ0n) is 12.6. The summed E-state index contributed by atoms with van der Waals surface area (Å²) in [6, 6.07) is 8.02. The maximum Gasteiger partial charge on any atom is 0.325 e. The molecule has 0 aromatic heterocycles. The third-order valence-corrected chi connectivity index (χ3v) is 3.09. The Kier molecular flexibility index (Phi) is 6.52. The Morgan fingerprint density at radius 2 is 1.90 bits per heavy atom. The normalized spacial score (nSPS) is 13.6. The average molecular weight is 279 g/mol. The first-order valence-corrected chi connectivity index (χ1v) is 7.17. The van der Waals surface area contributed by atoms with E-state index in [4.69, 9.17) is 15.2 Å². The Hall–Kier alpha value is -1.55. The fraction of sp³-hybridized carbons (Fsp3) is 0.562. The van der Waals surface area contributed by atoms with Crippen LogP contribution in [0.5, 0.6) is 5.75 Å². The van der Waals surface area contributed by atoms with Gasteiger partial charge in [0.2, 0.25) is 0 Å². The van der Waals surface area contributed by atoms with E-state index in [2.05, 4.69) is 19.1 Å². The summed E-state index contributed by atoms with van der Waals surface area (Å²) in [5.74, 6) is 0.409. The molecule has 20 heavy (non-hydrogen) atoms. The Morgan fingerprint density at radius 1 is 1.25 bits per heavy atom. The van der Waals surface area contributed by atoms with E-state index in [-0.39, 0.29) is 5.97 Å². The number of esters is 1. The fourth-order valence-corrected chi connectivity index (χ4v) is 1.82. The standard InChI is InChI=1S/C16H25NO3/c1-4-6-13-7-9-14(10-8-13)20-12-11-16(3,17)15(18)19-5-2/h7-10H,4-6,11-12,17H2,1-3H3. The van der Waals surface area contributed by atoms with Crippen LogP contribution in [-0.2, 0) is 16.0 Å². The summed E-state index contributed by atoms with van der Waals surface area (Å²) < 4.78 is 10.5. The molecule has 0 radical (unpaired) electrons. The van der Waals surface area contributed by atoms with Crippen molar-refractivity contribution in [1.82, 2.24) is 0 Å². The number of aryl methyl sites for hydroxylation is 1. The summed E-state index contributed by atoms with van der Waals surface area (Å²) >= 11 is 0. The van der Waals surface area contributed by atoms with E-state index in [1.807, 2.05) is 12.1 Å². The van der Waals surface area contributed by atoms with Gasteiger partial charge in [-0.3, -0.25) is 4.79 Å². The Labute approximate surface area is 121 Å². The monoisotopic (exact) mass is 279 g/mol. The molecule has 0 aliphatic carbocycles. The Morgan fingerprint density at radius 3 is 2.45 bits per heavy atom. The van der Waals surface area contributed by atoms with Gasteiger partial charge in [-0.2, -0.15) is 0 Å². The van der Waals surface area contributed by atoms with Gasteiger partial charge >= 0.3 is 5.97 Å². The van der Waals surface area contributed by atoms with E-state index < -0.39 is 5.54 Å². The quantitative estimate of drug-likeness (QED) is 0.743. The van der Waals surface area contributed by atoms with Crippen molar-refractivity contribution >= 4 is 5.97 Å². The minimum absolute atomic E-state index is 0.339. The molecule has 1 aromatic carbocycles. The highest BCUT2D eigenvalue weighted by Crippen LogP contribution is 2.15. The summed E-state index contributed by atoms with van der Waals surface area (Å²) in [4.78, 5) is 11.6. The van der Waals surface area contributed by atoms with Crippen molar-refractivity contribution in [2.24, 2.45) is 5.73 Å². The van der Waals surface area contributed by atoms with Crippen molar-refractivity contribution in [2.75, 3.05) is 13.2 Å². The molecule has 2 N–H and O–H groups in total. The van der Waals surface area contributed by atoms with E-state index in [1.165, 1.54) is 5.56 Å². The second-order valence-corrected chi connectivity index (χ2v) is 5.13. The van der Waals surface area contributed by atoms with Gasteiger partial charge in [-0.05, 0) is 38.0 Å². The summed E-state index contributed by atoms with van der Waals surface area (Å²) in [6.45, 7) is 6.31. The lowest BCUT2D eigenvalue weighted by molar-refractivity contribution is -0.149. The zero-order valence-corrected chi connectivity index (χ0v) is 12.6. The van der Waals surface area contributed by atoms with Gasteiger partial charge < -0.3 is 15.2 Å². The molecule has 0 aliphatic rings. The van der Waals surface area contributed by atoms with E-state index in [9.17, 15) is 4.79 Å². The molecule has 112 valence electrons. The van der Waals surface area contributed by atoms with E-state index >= 15 is 0 Å². The molecule has 0 heterocycles. The predicted octanol–water partition coefficient (Wildman–Crippen LogP) is 2.69. The molecule has 0 saturated heterocycles. The highest BCUT2D eigenvalue weighted by molar-refractivity contribution is 5.79. The molecule has 0 amide bonds. The first kappa shape index (κ1) is 16.5. The summed E-state index contributed by atoms with van der Waals surface area (Å²) in [6.07, 6.45) is 2.62. The summed E-state index contributed by atoms with van der Waals surface area (Å²) in [5, 5.41) is 0. The maximum atomic E-state index is 11.6. The van der Waals surface area contributed by atoms with Crippen molar-refractivity contribution in [1.29, 1.82) is 0 Å². The molecule has 0 aliphatic heterocycles. The van der Waals surface area contributed by atoms with Crippen molar-refractivity contribution < 1.29 is 14.3 Å². The van der Waals surface area contributed by atoms with Gasteiger partial charge in [-0.25, -0.2) is 0 Å². The van der Waals surface area contributed by atoms with Crippen LogP contribution in [0.2, 0.25) is 0 Å². The molecular weight excluding hydrogens is 254 g/mol. The van der Waals surface area contributed by atoms with Crippen molar-refractivity contribution in [3.8, 4) is 5.75 Å². The average Bonchev–Trinajstić information content (AvgIpc) is 2.41. The second-order valence-electron chi connectivity index (χ2n) is 5.13. The van der Waals surface area contributed by atoms with Crippen LogP contribution in [0.1, 0.15) is 39.2 Å². The molecule has 0 spiro atoms. The minimum atomic E-state index is -1.00. The fourth-order valence-electron chi connectivity index (χ4n) is 1.82. The maximum absolute atomic E-state index is 11.6. The van der Waals surface area contributed by atoms with Crippen LogP contribution < -0.4 is 10.5 Å². The topological polar surface area (TPSA) is 61.5 Å². The molecule has 0 fully saturated rings. The van der Waals surface area contributed by atoms with E-state index in [1.54, 1.807) is 13.8 Å². The SMILES string of the molecule is CCCc1ccc(OCCC(C)(N)C(=O)OCC)cc1. The smallest absolute Gasteiger partial charge is 0.325 e. The first-order chi connectivity index (χ1) is 9.49. The minimum Gasteiger partial charge on any atom is -0.494 e. The number of nitrogens with two attached hydrogens (primary N) is 1. The number of benzene rings is 1. The molecule has 1 unspecified atom stereocenters. The van der Waals surface area contributed by atoms with Gasteiger partial charge in [0.25, 0.3) is 0 Å². The summed E-state index contributed by atoms with van der Waals surface area (Å²) in [7, 11) is 0. The zero-order chi connectivity index (χ0) is 15.0. The lowest BCUT2D eigenvalue weighted by atomic mass is 10.0. The molecule has 4 heteroatoms. The largest absolute Gasteiger partial charge is 0.494 e. The predicted molar refractivity (Wildman–Crippen MR) is 79.8 cm³/mol. The van der Waals surface area contributed by atoms with Crippen LogP contribution >= 0.6 is 0 Å². The van der Waals surface area contributed by atoms with Crippen LogP contribution in [-0.4, -0.2) is 24.7 Å². The van der Waals surface area contributed by atoms with Crippen molar-refractivity contribution in [3.05, 3.63) is 29.8 Å². The second kappa shape index (κ2) is 7.90. The molecule has 1 atom stereocenters. The number of carbonyl (C=O) groups is 1. The molecule has 0 saturated carbocycles. The number of hydrogen-bond acceptors (Lipinski definition) is 4. The number of rotatable bonds is 8. The van der Waals surface area contributed by atoms with Crippen LogP contribution in [0, 0.1) is 0 Å². The highest BCUT2D eigenvalue weighted by atomic mass is 16.5. The molecule has 1 rings (SSSR count). The lowest BCUT2D eigenvalue weighted by Crippen LogP contribution is -2.47. The van der Waals surface area contributed by atoms with Crippen LogP contribution in [0.15, 0.2) is 24.3 Å². The summed E-state index contributed by atoms with van der Waals surface area (Å²) in [5.41, 5.74) is 6.22. The number of ether oxygens (including phenoxy) is 2. The third-order valence-electron chi connectivity index (χ3n) is 3.09. The van der Waals surface area contributed by atoms with Crippen LogP contribution in [0.4, 0.5) is 0 Å². The van der Waals surface area contributed by atoms with Gasteiger partial charge in [-0.15, -0.1) is 0 Å². The lowest BCUT2D eigenvalue weighted by Gasteiger charge is -2.22. The van der Waals surface area contributed by atoms with Gasteiger partial charge in [0, 0.05) is 6.42 Å². The van der Waals surface area contributed by atoms with Gasteiger partial charge in [-0.1, -0.05) is 25.5 Å². The van der Waals surface area contributed by atoms with Crippen LogP contribution in [0.3, 0.4) is 0 Å². The van der Waals surface area contributed by atoms with E-state index in [0.717, 1.165) is 18.6 Å². The van der Waals surface area contributed by atoms with Crippen LogP contribution in [0.25, 0.3) is 0 Å². The first-order valence-electron chi connectivity index (χ1n) is 7.17. The third kappa shape index (κ3) is 5.21. The van der Waals surface area contributed by atoms with Crippen molar-refractivity contribution in [3.63, 3.8) is 0 Å². The molecular formula is C16H25NO3. The van der Waals surface area contributed by atoms with E-state index in [0.29, 0.717) is 19.6 Å². The molecule has 1 aromatic rings. The van der Waals surface area contributed by atoms with Gasteiger partial charge in [0.1, 0.15) is 11.3 Å². The molecule has 4 nitrogen and oxygen atoms in total. The van der Waals surface area contributed by atoms with Gasteiger partial charge in [0.15, 0.2) is 0 Å². The number of carbonyl (C=O) groups excluding carboxylic acids is 1. The van der Waals surface area contributed by atoms with Gasteiger partial charge in [0.05, 0.1) is 13.2 Å². The Bertz CT molecular complexity index is 412. The van der Waals surface area contributed by atoms with Crippen molar-refractivity contribution in [2.45, 2.75) is 45.6 Å². The molecule has 0 bridgehead atoms. The Balaban J connectivity index is 2.41.